The monoisotopic (exact) mass is 450 g/mol. The highest BCUT2D eigenvalue weighted by molar-refractivity contribution is 7.92. The minimum Gasteiger partial charge on any atom is -0.348 e. The van der Waals surface area contributed by atoms with Crippen molar-refractivity contribution in [2.24, 2.45) is 5.92 Å². The molecule has 0 unspecified atom stereocenters. The predicted octanol–water partition coefficient (Wildman–Crippen LogP) is 5.09. The van der Waals surface area contributed by atoms with E-state index in [4.69, 9.17) is 0 Å². The van der Waals surface area contributed by atoms with Crippen molar-refractivity contribution < 1.29 is 13.2 Å². The third-order valence-electron chi connectivity index (χ3n) is 5.18. The van der Waals surface area contributed by atoms with E-state index in [1.54, 1.807) is 48.5 Å². The van der Waals surface area contributed by atoms with Gasteiger partial charge in [0.1, 0.15) is 6.54 Å². The summed E-state index contributed by atoms with van der Waals surface area (Å²) in [6, 6.07) is 25.0. The molecule has 0 bridgehead atoms. The standard InChI is InChI=1S/C26H30N2O3S/c1-20(2)18-25(22-10-6-4-7-11-22)27-26(29)19-28(23-12-8-5-9-13-23)32(30,31)24-16-14-21(3)15-17-24/h4-17,20,25H,18-19H2,1-3H3,(H,27,29)/t25-/m0/s1. The van der Waals surface area contributed by atoms with E-state index >= 15 is 0 Å². The highest BCUT2D eigenvalue weighted by Crippen LogP contribution is 2.25. The van der Waals surface area contributed by atoms with Gasteiger partial charge in [0.2, 0.25) is 5.91 Å². The molecule has 3 aromatic rings. The second-order valence-corrected chi connectivity index (χ2v) is 10.2. The summed E-state index contributed by atoms with van der Waals surface area (Å²) in [5, 5.41) is 3.05. The van der Waals surface area contributed by atoms with Crippen LogP contribution in [0.4, 0.5) is 5.69 Å². The SMILES string of the molecule is Cc1ccc(S(=O)(=O)N(CC(=O)N[C@@H](CC(C)C)c2ccccc2)c2ccccc2)cc1. The van der Waals surface area contributed by atoms with Crippen molar-refractivity contribution in [1.82, 2.24) is 5.32 Å². The van der Waals surface area contributed by atoms with E-state index in [9.17, 15) is 13.2 Å². The Bertz CT molecular complexity index is 1110. The molecule has 6 heteroatoms. The summed E-state index contributed by atoms with van der Waals surface area (Å²) < 4.78 is 28.1. The Labute approximate surface area is 191 Å². The number of para-hydroxylation sites is 1. The van der Waals surface area contributed by atoms with E-state index in [2.05, 4.69) is 19.2 Å². The maximum absolute atomic E-state index is 13.5. The van der Waals surface area contributed by atoms with E-state index in [0.717, 1.165) is 17.5 Å². The lowest BCUT2D eigenvalue weighted by atomic mass is 9.97. The molecule has 0 saturated heterocycles. The van der Waals surface area contributed by atoms with Gasteiger partial charge in [-0.2, -0.15) is 0 Å². The summed E-state index contributed by atoms with van der Waals surface area (Å²) in [5.74, 6) is 0.0149. The molecular formula is C26H30N2O3S. The molecule has 3 rings (SSSR count). The second-order valence-electron chi connectivity index (χ2n) is 8.32. The number of rotatable bonds is 9. The molecule has 0 aromatic heterocycles. The van der Waals surface area contributed by atoms with Gasteiger partial charge in [-0.05, 0) is 49.1 Å². The number of sulfonamides is 1. The van der Waals surface area contributed by atoms with E-state index in [1.165, 1.54) is 4.31 Å². The Morgan fingerprint density at radius 3 is 2.00 bits per heavy atom. The van der Waals surface area contributed by atoms with Crippen LogP contribution in [0.25, 0.3) is 0 Å². The third-order valence-corrected chi connectivity index (χ3v) is 6.97. The number of aryl methyl sites for hydroxylation is 1. The van der Waals surface area contributed by atoms with E-state index in [1.807, 2.05) is 43.3 Å². The van der Waals surface area contributed by atoms with Crippen LogP contribution in [0.3, 0.4) is 0 Å². The van der Waals surface area contributed by atoms with Crippen molar-refractivity contribution in [3.63, 3.8) is 0 Å². The molecule has 0 spiro atoms. The predicted molar refractivity (Wildman–Crippen MR) is 129 cm³/mol. The molecule has 1 amide bonds. The van der Waals surface area contributed by atoms with Crippen LogP contribution >= 0.6 is 0 Å². The van der Waals surface area contributed by atoms with Gasteiger partial charge in [0.05, 0.1) is 16.6 Å². The largest absolute Gasteiger partial charge is 0.348 e. The summed E-state index contributed by atoms with van der Waals surface area (Å²) in [6.45, 7) is 5.79. The Kier molecular flexibility index (Phi) is 7.70. The first-order valence-electron chi connectivity index (χ1n) is 10.8. The zero-order chi connectivity index (χ0) is 23.1. The molecule has 5 nitrogen and oxygen atoms in total. The fourth-order valence-electron chi connectivity index (χ4n) is 3.55. The van der Waals surface area contributed by atoms with Crippen molar-refractivity contribution in [3.8, 4) is 0 Å². The van der Waals surface area contributed by atoms with E-state index in [-0.39, 0.29) is 23.4 Å². The minimum atomic E-state index is -3.92. The topological polar surface area (TPSA) is 66.5 Å². The Morgan fingerprint density at radius 1 is 0.875 bits per heavy atom. The van der Waals surface area contributed by atoms with Crippen LogP contribution in [0, 0.1) is 12.8 Å². The molecule has 1 N–H and O–H groups in total. The number of carbonyl (C=O) groups excluding carboxylic acids is 1. The fraction of sp³-hybridized carbons (Fsp3) is 0.269. The number of anilines is 1. The fourth-order valence-corrected chi connectivity index (χ4v) is 4.97. The highest BCUT2D eigenvalue weighted by Gasteiger charge is 2.28. The zero-order valence-electron chi connectivity index (χ0n) is 18.7. The van der Waals surface area contributed by atoms with Crippen LogP contribution in [0.2, 0.25) is 0 Å². The quantitative estimate of drug-likeness (QED) is 0.494. The summed E-state index contributed by atoms with van der Waals surface area (Å²) in [4.78, 5) is 13.3. The van der Waals surface area contributed by atoms with Crippen LogP contribution in [0.1, 0.15) is 37.4 Å². The first-order valence-corrected chi connectivity index (χ1v) is 12.2. The lowest BCUT2D eigenvalue weighted by molar-refractivity contribution is -0.120. The maximum Gasteiger partial charge on any atom is 0.264 e. The molecule has 1 atom stereocenters. The number of nitrogens with zero attached hydrogens (tertiary/aromatic N) is 1. The van der Waals surface area contributed by atoms with Crippen molar-refractivity contribution in [2.75, 3.05) is 10.8 Å². The highest BCUT2D eigenvalue weighted by atomic mass is 32.2. The smallest absolute Gasteiger partial charge is 0.264 e. The third kappa shape index (κ3) is 5.98. The average molecular weight is 451 g/mol. The number of hydrogen-bond acceptors (Lipinski definition) is 3. The van der Waals surface area contributed by atoms with Crippen LogP contribution in [-0.4, -0.2) is 20.9 Å². The number of amides is 1. The number of nitrogens with one attached hydrogen (secondary N) is 1. The van der Waals surface area contributed by atoms with E-state index < -0.39 is 10.0 Å². The summed E-state index contributed by atoms with van der Waals surface area (Å²) >= 11 is 0. The van der Waals surface area contributed by atoms with Gasteiger partial charge in [0.15, 0.2) is 0 Å². The summed E-state index contributed by atoms with van der Waals surface area (Å²) in [6.07, 6.45) is 0.756. The van der Waals surface area contributed by atoms with Crippen LogP contribution in [0.15, 0.2) is 89.8 Å². The molecule has 0 aliphatic carbocycles. The molecule has 168 valence electrons. The molecule has 0 aliphatic rings. The van der Waals surface area contributed by atoms with Gasteiger partial charge in [-0.1, -0.05) is 80.1 Å². The number of carbonyl (C=O) groups is 1. The Balaban J connectivity index is 1.89. The molecule has 32 heavy (non-hydrogen) atoms. The van der Waals surface area contributed by atoms with Crippen LogP contribution in [0.5, 0.6) is 0 Å². The zero-order valence-corrected chi connectivity index (χ0v) is 19.5. The van der Waals surface area contributed by atoms with Crippen LogP contribution < -0.4 is 9.62 Å². The summed E-state index contributed by atoms with van der Waals surface area (Å²) in [7, 11) is -3.92. The number of benzene rings is 3. The minimum absolute atomic E-state index is 0.154. The van der Waals surface area contributed by atoms with Crippen molar-refractivity contribution in [3.05, 3.63) is 96.1 Å². The van der Waals surface area contributed by atoms with Crippen LogP contribution in [-0.2, 0) is 14.8 Å². The van der Waals surface area contributed by atoms with Crippen molar-refractivity contribution >= 4 is 21.6 Å². The molecule has 0 fully saturated rings. The van der Waals surface area contributed by atoms with E-state index in [0.29, 0.717) is 11.6 Å². The molecule has 0 saturated carbocycles. The lowest BCUT2D eigenvalue weighted by Gasteiger charge is -2.26. The van der Waals surface area contributed by atoms with Gasteiger partial charge in [0.25, 0.3) is 10.0 Å². The molecule has 3 aromatic carbocycles. The van der Waals surface area contributed by atoms with Gasteiger partial charge >= 0.3 is 0 Å². The summed E-state index contributed by atoms with van der Waals surface area (Å²) in [5.41, 5.74) is 2.41. The number of hydrogen-bond donors (Lipinski definition) is 1. The van der Waals surface area contributed by atoms with Gasteiger partial charge < -0.3 is 5.32 Å². The molecular weight excluding hydrogens is 420 g/mol. The van der Waals surface area contributed by atoms with Gasteiger partial charge in [0, 0.05) is 0 Å². The maximum atomic E-state index is 13.5. The van der Waals surface area contributed by atoms with Gasteiger partial charge in [-0.3, -0.25) is 9.10 Å². The Hall–Kier alpha value is -3.12. The first kappa shape index (κ1) is 23.5. The second kappa shape index (κ2) is 10.5. The van der Waals surface area contributed by atoms with Gasteiger partial charge in [-0.25, -0.2) is 8.42 Å². The molecule has 0 radical (unpaired) electrons. The van der Waals surface area contributed by atoms with Crippen molar-refractivity contribution in [2.45, 2.75) is 38.1 Å². The molecule has 0 aliphatic heterocycles. The van der Waals surface area contributed by atoms with Crippen molar-refractivity contribution in [1.29, 1.82) is 0 Å². The Morgan fingerprint density at radius 2 is 1.44 bits per heavy atom. The van der Waals surface area contributed by atoms with Gasteiger partial charge in [-0.15, -0.1) is 0 Å². The lowest BCUT2D eigenvalue weighted by Crippen LogP contribution is -2.42. The average Bonchev–Trinajstić information content (AvgIpc) is 2.78. The first-order chi connectivity index (χ1) is 15.3. The molecule has 0 heterocycles. The normalized spacial score (nSPS) is 12.4.